The number of nitrogens with two attached hydrogens (primary N) is 1. The van der Waals surface area contributed by atoms with Gasteiger partial charge in [-0.15, -0.1) is 0 Å². The molecule has 0 saturated heterocycles. The molecule has 0 bridgehead atoms. The summed E-state index contributed by atoms with van der Waals surface area (Å²) in [5.74, 6) is 4.72. The number of halogens is 1. The highest BCUT2D eigenvalue weighted by molar-refractivity contribution is 6.30. The van der Waals surface area contributed by atoms with E-state index < -0.39 is 0 Å². The van der Waals surface area contributed by atoms with Crippen LogP contribution in [-0.2, 0) is 11.3 Å². The lowest BCUT2D eigenvalue weighted by atomic mass is 10.2. The van der Waals surface area contributed by atoms with Gasteiger partial charge in [0.2, 0.25) is 5.91 Å². The van der Waals surface area contributed by atoms with Gasteiger partial charge in [0.25, 0.3) is 0 Å². The minimum atomic E-state index is -0.340. The zero-order valence-corrected chi connectivity index (χ0v) is 9.41. The third-order valence-electron chi connectivity index (χ3n) is 2.04. The Bertz CT molecular complexity index is 418. The molecule has 1 aromatic heterocycles. The van der Waals surface area contributed by atoms with Crippen molar-refractivity contribution in [2.45, 2.75) is 25.8 Å². The number of hydrogen-bond acceptors (Lipinski definition) is 4. The summed E-state index contributed by atoms with van der Waals surface area (Å²) in [6.07, 6.45) is 4.53. The van der Waals surface area contributed by atoms with E-state index in [4.69, 9.17) is 17.4 Å². The highest BCUT2D eigenvalue weighted by Gasteiger charge is 2.00. The second kappa shape index (κ2) is 6.24. The Balaban J connectivity index is 2.40. The molecule has 0 aromatic carbocycles. The van der Waals surface area contributed by atoms with Crippen LogP contribution in [0.1, 0.15) is 19.3 Å². The number of hydrogen-bond donors (Lipinski definition) is 2. The summed E-state index contributed by atoms with van der Waals surface area (Å²) in [7, 11) is 0. The molecule has 88 valence electrons. The first kappa shape index (κ1) is 12.7. The maximum Gasteiger partial charge on any atom is 0.347 e. The number of nitrogens with one attached hydrogen (secondary N) is 1. The maximum absolute atomic E-state index is 11.2. The van der Waals surface area contributed by atoms with Gasteiger partial charge in [0.15, 0.2) is 0 Å². The molecule has 0 aliphatic rings. The van der Waals surface area contributed by atoms with Crippen LogP contribution < -0.4 is 17.0 Å². The fourth-order valence-electron chi connectivity index (χ4n) is 1.23. The van der Waals surface area contributed by atoms with Gasteiger partial charge in [-0.1, -0.05) is 11.6 Å². The molecule has 0 aliphatic carbocycles. The summed E-state index contributed by atoms with van der Waals surface area (Å²) in [5, 5.41) is 0.416. The van der Waals surface area contributed by atoms with Crippen LogP contribution in [0.25, 0.3) is 0 Å². The van der Waals surface area contributed by atoms with Crippen molar-refractivity contribution in [3.8, 4) is 0 Å². The second-order valence-electron chi connectivity index (χ2n) is 3.27. The zero-order chi connectivity index (χ0) is 12.0. The number of aromatic nitrogens is 2. The summed E-state index contributed by atoms with van der Waals surface area (Å²) in [5.41, 5.74) is 1.70. The largest absolute Gasteiger partial charge is 0.347 e. The predicted molar refractivity (Wildman–Crippen MR) is 59.7 cm³/mol. The van der Waals surface area contributed by atoms with Gasteiger partial charge in [-0.05, 0) is 12.8 Å². The molecule has 1 amide bonds. The van der Waals surface area contributed by atoms with Crippen LogP contribution in [-0.4, -0.2) is 15.5 Å². The van der Waals surface area contributed by atoms with E-state index in [1.807, 2.05) is 5.43 Å². The third kappa shape index (κ3) is 4.00. The van der Waals surface area contributed by atoms with Crippen molar-refractivity contribution in [1.29, 1.82) is 0 Å². The van der Waals surface area contributed by atoms with Gasteiger partial charge in [-0.3, -0.25) is 14.8 Å². The smallest absolute Gasteiger partial charge is 0.298 e. The third-order valence-corrected chi connectivity index (χ3v) is 2.23. The molecular weight excluding hydrogens is 232 g/mol. The monoisotopic (exact) mass is 244 g/mol. The number of amides is 1. The Morgan fingerprint density at radius 2 is 2.31 bits per heavy atom. The molecule has 0 unspecified atom stereocenters. The summed E-state index contributed by atoms with van der Waals surface area (Å²) in [6.45, 7) is 0.490. The molecule has 1 heterocycles. The molecule has 1 rings (SSSR count). The average Bonchev–Trinajstić information content (AvgIpc) is 2.28. The van der Waals surface area contributed by atoms with E-state index in [-0.39, 0.29) is 11.6 Å². The van der Waals surface area contributed by atoms with Gasteiger partial charge in [-0.25, -0.2) is 15.6 Å². The van der Waals surface area contributed by atoms with Gasteiger partial charge in [-0.2, -0.15) is 0 Å². The SMILES string of the molecule is NNC(=O)CCCCn1cc(Cl)cnc1=O. The standard InChI is InChI=1S/C9H13ClN4O2/c10-7-5-12-9(16)14(6-7)4-2-1-3-8(15)13-11/h5-6H,1-4,11H2,(H,13,15). The first-order valence-corrected chi connectivity index (χ1v) is 5.22. The van der Waals surface area contributed by atoms with E-state index in [1.54, 1.807) is 0 Å². The van der Waals surface area contributed by atoms with E-state index in [1.165, 1.54) is 17.0 Å². The lowest BCUT2D eigenvalue weighted by Crippen LogP contribution is -2.29. The minimum absolute atomic E-state index is 0.212. The summed E-state index contributed by atoms with van der Waals surface area (Å²) < 4.78 is 1.42. The van der Waals surface area contributed by atoms with E-state index >= 15 is 0 Å². The number of carbonyl (C=O) groups excluding carboxylic acids is 1. The van der Waals surface area contributed by atoms with E-state index in [2.05, 4.69) is 4.98 Å². The maximum atomic E-state index is 11.2. The zero-order valence-electron chi connectivity index (χ0n) is 8.65. The van der Waals surface area contributed by atoms with Crippen molar-refractivity contribution in [3.05, 3.63) is 27.9 Å². The first-order valence-electron chi connectivity index (χ1n) is 4.85. The Hall–Kier alpha value is -1.40. The quantitative estimate of drug-likeness (QED) is 0.332. The van der Waals surface area contributed by atoms with Crippen molar-refractivity contribution in [3.63, 3.8) is 0 Å². The van der Waals surface area contributed by atoms with Gasteiger partial charge in [0, 0.05) is 19.2 Å². The van der Waals surface area contributed by atoms with Crippen molar-refractivity contribution < 1.29 is 4.79 Å². The number of carbonyl (C=O) groups is 1. The number of hydrazine groups is 1. The minimum Gasteiger partial charge on any atom is -0.298 e. The van der Waals surface area contributed by atoms with Gasteiger partial charge in [0.05, 0.1) is 11.2 Å². The molecule has 3 N–H and O–H groups in total. The van der Waals surface area contributed by atoms with Crippen LogP contribution in [0.3, 0.4) is 0 Å². The molecule has 1 aromatic rings. The molecule has 0 aliphatic heterocycles. The lowest BCUT2D eigenvalue weighted by Gasteiger charge is -2.04. The number of unbranched alkanes of at least 4 members (excludes halogenated alkanes) is 1. The Kier molecular flexibility index (Phi) is 4.94. The van der Waals surface area contributed by atoms with Gasteiger partial charge < -0.3 is 0 Å². The molecular formula is C9H13ClN4O2. The van der Waals surface area contributed by atoms with Crippen molar-refractivity contribution >= 4 is 17.5 Å². The van der Waals surface area contributed by atoms with Crippen LogP contribution in [0, 0.1) is 0 Å². The highest BCUT2D eigenvalue weighted by Crippen LogP contribution is 2.03. The fraction of sp³-hybridized carbons (Fsp3) is 0.444. The van der Waals surface area contributed by atoms with E-state index in [0.29, 0.717) is 30.8 Å². The molecule has 0 fully saturated rings. The van der Waals surface area contributed by atoms with E-state index in [0.717, 1.165) is 0 Å². The van der Waals surface area contributed by atoms with Crippen molar-refractivity contribution in [2.75, 3.05) is 0 Å². The normalized spacial score (nSPS) is 10.1. The molecule has 7 heteroatoms. The summed E-state index contributed by atoms with van der Waals surface area (Å²) in [6, 6.07) is 0. The molecule has 0 radical (unpaired) electrons. The second-order valence-corrected chi connectivity index (χ2v) is 3.71. The molecule has 6 nitrogen and oxygen atoms in total. The molecule has 0 spiro atoms. The van der Waals surface area contributed by atoms with Gasteiger partial charge in [0.1, 0.15) is 0 Å². The Morgan fingerprint density at radius 1 is 1.56 bits per heavy atom. The summed E-state index contributed by atoms with van der Waals surface area (Å²) >= 11 is 5.70. The van der Waals surface area contributed by atoms with Crippen molar-refractivity contribution in [2.24, 2.45) is 5.84 Å². The van der Waals surface area contributed by atoms with Crippen LogP contribution >= 0.6 is 11.6 Å². The van der Waals surface area contributed by atoms with Crippen LogP contribution in [0.15, 0.2) is 17.2 Å². The Labute approximate surface area is 97.4 Å². The first-order chi connectivity index (χ1) is 7.63. The van der Waals surface area contributed by atoms with Gasteiger partial charge >= 0.3 is 5.69 Å². The van der Waals surface area contributed by atoms with Crippen LogP contribution in [0.2, 0.25) is 5.02 Å². The molecule has 0 saturated carbocycles. The van der Waals surface area contributed by atoms with E-state index in [9.17, 15) is 9.59 Å². The highest BCUT2D eigenvalue weighted by atomic mass is 35.5. The van der Waals surface area contributed by atoms with Crippen LogP contribution in [0.5, 0.6) is 0 Å². The number of nitrogens with zero attached hydrogens (tertiary/aromatic N) is 2. The van der Waals surface area contributed by atoms with Crippen LogP contribution in [0.4, 0.5) is 0 Å². The predicted octanol–water partition coefficient (Wildman–Crippen LogP) is 0.0569. The fourth-order valence-corrected chi connectivity index (χ4v) is 1.40. The summed E-state index contributed by atoms with van der Waals surface area (Å²) in [4.78, 5) is 25.6. The molecule has 0 atom stereocenters. The average molecular weight is 245 g/mol. The topological polar surface area (TPSA) is 90.0 Å². The Morgan fingerprint density at radius 3 is 3.00 bits per heavy atom. The molecule has 16 heavy (non-hydrogen) atoms. The number of rotatable bonds is 5. The number of aryl methyl sites for hydroxylation is 1. The lowest BCUT2D eigenvalue weighted by molar-refractivity contribution is -0.121. The van der Waals surface area contributed by atoms with Crippen molar-refractivity contribution in [1.82, 2.24) is 15.0 Å².